The first-order valence-electron chi connectivity index (χ1n) is 2.10. The van der Waals surface area contributed by atoms with Crippen LogP contribution >= 0.6 is 0 Å². The summed E-state index contributed by atoms with van der Waals surface area (Å²) in [4.78, 5) is 0. The van der Waals surface area contributed by atoms with Crippen molar-refractivity contribution in [3.05, 3.63) is 0 Å². The van der Waals surface area contributed by atoms with E-state index in [0.717, 1.165) is 15.2 Å². The maximum atomic E-state index is 4.61. The number of nitrogens with one attached hydrogen (secondary N) is 2. The first-order valence-corrected chi connectivity index (χ1v) is 2.10. The predicted octanol–water partition coefficient (Wildman–Crippen LogP) is -3.03. The summed E-state index contributed by atoms with van der Waals surface area (Å²) in [6.45, 7) is 0. The summed E-state index contributed by atoms with van der Waals surface area (Å²) in [6.07, 6.45) is 0. The zero-order chi connectivity index (χ0) is 6.95. The van der Waals surface area contributed by atoms with E-state index in [2.05, 4.69) is 35.5 Å². The summed E-state index contributed by atoms with van der Waals surface area (Å²) in [6, 6.07) is 0. The van der Waals surface area contributed by atoms with E-state index in [1.54, 1.807) is 0 Å². The van der Waals surface area contributed by atoms with Crippen molar-refractivity contribution >= 4 is 38.9 Å². The Morgan fingerprint density at radius 3 is 1.78 bits per heavy atom. The van der Waals surface area contributed by atoms with E-state index >= 15 is 0 Å². The van der Waals surface area contributed by atoms with Crippen LogP contribution in [0.2, 0.25) is 0 Å². The van der Waals surface area contributed by atoms with Crippen molar-refractivity contribution in [3.8, 4) is 0 Å². The monoisotopic (exact) mass is 117 g/mol. The molecule has 0 bridgehead atoms. The third-order valence-electron chi connectivity index (χ3n) is 0.439. The summed E-state index contributed by atoms with van der Waals surface area (Å²) in [5, 5.41) is 4.99. The average Bonchev–Trinajstić information content (AvgIpc) is 1.89. The lowest BCUT2D eigenvalue weighted by atomic mass is 9.98. The summed E-state index contributed by atoms with van der Waals surface area (Å²) in [7, 11) is 13.0. The van der Waals surface area contributed by atoms with E-state index in [1.165, 1.54) is 7.55 Å². The van der Waals surface area contributed by atoms with Crippen LogP contribution in [0, 0.1) is 0 Å². The molecule has 0 heterocycles. The number of hydrogen-bond acceptors (Lipinski definition) is 4. The van der Waals surface area contributed by atoms with Gasteiger partial charge in [0.25, 0.3) is 23.6 Å². The highest BCUT2D eigenvalue weighted by Gasteiger charge is 1.90. The smallest absolute Gasteiger partial charge is 0.367 e. The first-order chi connectivity index (χ1) is 4.41. The molecule has 0 rings (SSSR count). The Morgan fingerprint density at radius 2 is 1.44 bits per heavy atom. The van der Waals surface area contributed by atoms with Crippen molar-refractivity contribution in [1.29, 1.82) is 0 Å². The van der Waals surface area contributed by atoms with Gasteiger partial charge in [0.05, 0.1) is 0 Å². The van der Waals surface area contributed by atoms with Crippen molar-refractivity contribution in [1.82, 2.24) is 10.3 Å². The van der Waals surface area contributed by atoms with Crippen LogP contribution in [-0.2, 0) is 9.14 Å². The molecule has 9 heavy (non-hydrogen) atoms. The molecule has 0 unspecified atom stereocenters. The fourth-order valence-electron chi connectivity index (χ4n) is 0.195. The number of hydrogen-bond donors (Lipinski definition) is 2. The molecular formula is H2B5N2O2. The van der Waals surface area contributed by atoms with Crippen LogP contribution < -0.4 is 10.3 Å². The van der Waals surface area contributed by atoms with Gasteiger partial charge in [-0.3, -0.25) is 0 Å². The third-order valence-corrected chi connectivity index (χ3v) is 0.439. The Hall–Kier alpha value is 0.165. The number of rotatable bonds is 6. The summed E-state index contributed by atoms with van der Waals surface area (Å²) in [5.74, 6) is 0. The molecule has 0 aromatic heterocycles. The zero-order valence-corrected chi connectivity index (χ0v) is 4.70. The molecule has 0 aliphatic carbocycles. The molecule has 7 radical (unpaired) electrons. The second-order valence-corrected chi connectivity index (χ2v) is 0.986. The van der Waals surface area contributed by atoms with Crippen LogP contribution in [0.3, 0.4) is 0 Å². The second kappa shape index (κ2) is 8.16. The van der Waals surface area contributed by atoms with Gasteiger partial charge in [-0.05, 0) is 0 Å². The molecule has 0 amide bonds. The van der Waals surface area contributed by atoms with E-state index in [4.69, 9.17) is 0 Å². The SMILES string of the molecule is [B]O[B]N[B]N[B]O[B]. The van der Waals surface area contributed by atoms with Gasteiger partial charge in [0, 0.05) is 0 Å². The fraction of sp³-hybridized carbons (Fsp3) is 0. The molecule has 0 aromatic carbocycles. The minimum Gasteiger partial charge on any atom is -0.497 e. The van der Waals surface area contributed by atoms with Crippen molar-refractivity contribution in [2.75, 3.05) is 0 Å². The highest BCUT2D eigenvalue weighted by atomic mass is 16.4. The normalized spacial score (nSPS) is 8.44. The van der Waals surface area contributed by atoms with Gasteiger partial charge in [-0.1, -0.05) is 0 Å². The Bertz CT molecular complexity index is 46.2. The van der Waals surface area contributed by atoms with Crippen molar-refractivity contribution in [3.63, 3.8) is 0 Å². The Kier molecular flexibility index (Phi) is 8.31. The molecule has 0 atom stereocenters. The van der Waals surface area contributed by atoms with E-state index in [1.807, 2.05) is 0 Å². The lowest BCUT2D eigenvalue weighted by Crippen LogP contribution is -2.39. The minimum atomic E-state index is 1.16. The highest BCUT2D eigenvalue weighted by molar-refractivity contribution is 6.54. The summed E-state index contributed by atoms with van der Waals surface area (Å²) < 4.78 is 8.06. The molecule has 39 valence electrons. The summed E-state index contributed by atoms with van der Waals surface area (Å²) >= 11 is 0. The molecule has 0 aliphatic heterocycles. The maximum Gasteiger partial charge on any atom is 0.367 e. The van der Waals surface area contributed by atoms with Crippen LogP contribution in [0.25, 0.3) is 0 Å². The Labute approximate surface area is 59.2 Å². The molecule has 4 nitrogen and oxygen atoms in total. The lowest BCUT2D eigenvalue weighted by Gasteiger charge is -1.98. The highest BCUT2D eigenvalue weighted by Crippen LogP contribution is 1.49. The Balaban J connectivity index is 2.60. The molecular weight excluding hydrogens is 114 g/mol. The fourth-order valence-corrected chi connectivity index (χ4v) is 0.195. The molecule has 0 spiro atoms. The second-order valence-electron chi connectivity index (χ2n) is 0.986. The van der Waals surface area contributed by atoms with Gasteiger partial charge in [0.1, 0.15) is 0 Å². The topological polar surface area (TPSA) is 42.5 Å². The quantitative estimate of drug-likeness (QED) is 0.286. The van der Waals surface area contributed by atoms with Crippen LogP contribution in [0.4, 0.5) is 0 Å². The van der Waals surface area contributed by atoms with E-state index in [9.17, 15) is 0 Å². The standard InChI is InChI=1S/B5H2N2O2/c1-8-4-6-3-7-5-9-2/h6-7H. The molecule has 0 fully saturated rings. The maximum absolute atomic E-state index is 4.61. The largest absolute Gasteiger partial charge is 0.497 e. The van der Waals surface area contributed by atoms with Gasteiger partial charge in [-0.25, -0.2) is 0 Å². The van der Waals surface area contributed by atoms with Crippen molar-refractivity contribution < 1.29 is 9.14 Å². The van der Waals surface area contributed by atoms with Gasteiger partial charge in [0.15, 0.2) is 0 Å². The van der Waals surface area contributed by atoms with Crippen LogP contribution in [0.1, 0.15) is 0 Å². The molecule has 2 N–H and O–H groups in total. The summed E-state index contributed by atoms with van der Waals surface area (Å²) in [5.41, 5.74) is 0. The van der Waals surface area contributed by atoms with Crippen LogP contribution in [0.15, 0.2) is 0 Å². The van der Waals surface area contributed by atoms with Crippen molar-refractivity contribution in [2.45, 2.75) is 0 Å². The van der Waals surface area contributed by atoms with Crippen molar-refractivity contribution in [2.24, 2.45) is 0 Å². The van der Waals surface area contributed by atoms with Gasteiger partial charge in [0.2, 0.25) is 0 Å². The minimum absolute atomic E-state index is 1.16. The zero-order valence-electron chi connectivity index (χ0n) is 4.70. The van der Waals surface area contributed by atoms with Gasteiger partial charge in [-0.2, -0.15) is 0 Å². The molecule has 0 aliphatic rings. The lowest BCUT2D eigenvalue weighted by molar-refractivity contribution is 0.653. The molecule has 9 heteroatoms. The Morgan fingerprint density at radius 1 is 1.00 bits per heavy atom. The van der Waals surface area contributed by atoms with Crippen LogP contribution in [0.5, 0.6) is 0 Å². The van der Waals surface area contributed by atoms with Gasteiger partial charge < -0.3 is 19.4 Å². The first kappa shape index (κ1) is 9.16. The molecule has 0 saturated carbocycles. The van der Waals surface area contributed by atoms with E-state index in [-0.39, 0.29) is 0 Å². The predicted molar refractivity (Wildman–Crippen MR) is 37.2 cm³/mol. The van der Waals surface area contributed by atoms with Crippen LogP contribution in [-0.4, -0.2) is 38.9 Å². The van der Waals surface area contributed by atoms with Gasteiger partial charge in [-0.15, -0.1) is 0 Å². The molecule has 0 saturated heterocycles. The van der Waals surface area contributed by atoms with E-state index in [0.29, 0.717) is 0 Å². The average molecular weight is 116 g/mol. The third kappa shape index (κ3) is 8.16. The van der Waals surface area contributed by atoms with E-state index < -0.39 is 0 Å². The molecule has 0 aromatic rings. The van der Waals surface area contributed by atoms with Gasteiger partial charge >= 0.3 is 15.2 Å².